The molecule has 1 rings (SSSR count). The zero-order chi connectivity index (χ0) is 13.5. The number of aromatic nitrogens is 2. The third-order valence-electron chi connectivity index (χ3n) is 2.76. The number of rotatable bonds is 6. The second-order valence-electron chi connectivity index (χ2n) is 4.25. The molecule has 4 nitrogen and oxygen atoms in total. The summed E-state index contributed by atoms with van der Waals surface area (Å²) in [5.74, 6) is -0.0550. The summed E-state index contributed by atoms with van der Waals surface area (Å²) in [6.45, 7) is 6.61. The van der Waals surface area contributed by atoms with Gasteiger partial charge in [-0.05, 0) is 32.3 Å². The monoisotopic (exact) mass is 313 g/mol. The van der Waals surface area contributed by atoms with E-state index in [9.17, 15) is 4.79 Å². The molecule has 0 aliphatic heterocycles. The van der Waals surface area contributed by atoms with Gasteiger partial charge in [0.25, 0.3) is 5.91 Å². The molecule has 1 aromatic rings. The third kappa shape index (κ3) is 4.37. The summed E-state index contributed by atoms with van der Waals surface area (Å²) in [5, 5.41) is 11.0. The highest BCUT2D eigenvalue weighted by molar-refractivity contribution is 9.09. The lowest BCUT2D eigenvalue weighted by molar-refractivity contribution is 0.0951. The molecule has 1 atom stereocenters. The molecule has 1 amide bonds. The zero-order valence-electron chi connectivity index (χ0n) is 11.2. The Hall–Kier alpha value is -0.970. The summed E-state index contributed by atoms with van der Waals surface area (Å²) in [7, 11) is 0. The fourth-order valence-electron chi connectivity index (χ4n) is 1.61. The summed E-state index contributed by atoms with van der Waals surface area (Å²) in [5.41, 5.74) is 2.17. The fourth-order valence-corrected chi connectivity index (χ4v) is 1.84. The third-order valence-corrected chi connectivity index (χ3v) is 3.86. The predicted octanol–water partition coefficient (Wildman–Crippen LogP) is 2.64. The minimum Gasteiger partial charge on any atom is -0.352 e. The molecule has 0 fully saturated rings. The SMILES string of the molecule is CCc1nnc(C)cc1C(=O)NCCC(Br)CC. The number of halogens is 1. The summed E-state index contributed by atoms with van der Waals surface area (Å²) < 4.78 is 0. The van der Waals surface area contributed by atoms with E-state index in [0.29, 0.717) is 23.4 Å². The van der Waals surface area contributed by atoms with E-state index >= 15 is 0 Å². The van der Waals surface area contributed by atoms with Crippen LogP contribution in [0.25, 0.3) is 0 Å². The number of aryl methyl sites for hydroxylation is 2. The van der Waals surface area contributed by atoms with Crippen LogP contribution >= 0.6 is 15.9 Å². The van der Waals surface area contributed by atoms with Crippen LogP contribution in [0.5, 0.6) is 0 Å². The molecule has 0 spiro atoms. The van der Waals surface area contributed by atoms with E-state index in [1.54, 1.807) is 6.07 Å². The molecule has 18 heavy (non-hydrogen) atoms. The first-order valence-electron chi connectivity index (χ1n) is 6.33. The van der Waals surface area contributed by atoms with Gasteiger partial charge in [-0.25, -0.2) is 0 Å². The number of alkyl halides is 1. The molecule has 100 valence electrons. The molecule has 1 N–H and O–H groups in total. The molecule has 0 saturated carbocycles. The Morgan fingerprint density at radius 2 is 2.17 bits per heavy atom. The Kier molecular flexibility index (Phi) is 6.25. The van der Waals surface area contributed by atoms with Crippen LogP contribution in [0.4, 0.5) is 0 Å². The van der Waals surface area contributed by atoms with Gasteiger partial charge in [-0.1, -0.05) is 29.8 Å². The molecule has 1 heterocycles. The lowest BCUT2D eigenvalue weighted by Crippen LogP contribution is -2.27. The second-order valence-corrected chi connectivity index (χ2v) is 5.54. The van der Waals surface area contributed by atoms with E-state index < -0.39 is 0 Å². The highest BCUT2D eigenvalue weighted by Crippen LogP contribution is 2.09. The van der Waals surface area contributed by atoms with Gasteiger partial charge in [0.15, 0.2) is 0 Å². The summed E-state index contributed by atoms with van der Waals surface area (Å²) in [6.07, 6.45) is 2.71. The molecule has 0 radical (unpaired) electrons. The normalized spacial score (nSPS) is 12.2. The summed E-state index contributed by atoms with van der Waals surface area (Å²) >= 11 is 3.55. The van der Waals surface area contributed by atoms with E-state index in [1.165, 1.54) is 0 Å². The average molecular weight is 314 g/mol. The maximum atomic E-state index is 12.1. The number of carbonyl (C=O) groups excluding carboxylic acids is 1. The predicted molar refractivity (Wildman–Crippen MR) is 76.1 cm³/mol. The number of hydrogen-bond acceptors (Lipinski definition) is 3. The van der Waals surface area contributed by atoms with Crippen molar-refractivity contribution in [1.29, 1.82) is 0 Å². The van der Waals surface area contributed by atoms with Gasteiger partial charge in [0.1, 0.15) is 0 Å². The number of nitrogens with zero attached hydrogens (tertiary/aromatic N) is 2. The van der Waals surface area contributed by atoms with Gasteiger partial charge in [0.05, 0.1) is 17.0 Å². The molecule has 0 aliphatic carbocycles. The maximum absolute atomic E-state index is 12.1. The molecular weight excluding hydrogens is 294 g/mol. The van der Waals surface area contributed by atoms with Crippen molar-refractivity contribution in [2.75, 3.05) is 6.54 Å². The van der Waals surface area contributed by atoms with E-state index in [0.717, 1.165) is 24.2 Å². The number of amides is 1. The van der Waals surface area contributed by atoms with Crippen LogP contribution in [0.15, 0.2) is 6.07 Å². The van der Waals surface area contributed by atoms with Crippen LogP contribution in [-0.2, 0) is 6.42 Å². The molecule has 0 saturated heterocycles. The molecular formula is C13H20BrN3O. The fraction of sp³-hybridized carbons (Fsp3) is 0.615. The zero-order valence-corrected chi connectivity index (χ0v) is 12.7. The Morgan fingerprint density at radius 1 is 1.44 bits per heavy atom. The van der Waals surface area contributed by atoms with Crippen molar-refractivity contribution in [3.05, 3.63) is 23.0 Å². The highest BCUT2D eigenvalue weighted by Gasteiger charge is 2.12. The van der Waals surface area contributed by atoms with Gasteiger partial charge in [-0.15, -0.1) is 0 Å². The smallest absolute Gasteiger partial charge is 0.253 e. The lowest BCUT2D eigenvalue weighted by atomic mass is 10.1. The topological polar surface area (TPSA) is 54.9 Å². The van der Waals surface area contributed by atoms with Gasteiger partial charge in [0.2, 0.25) is 0 Å². The quantitative estimate of drug-likeness (QED) is 0.821. The van der Waals surface area contributed by atoms with Crippen molar-refractivity contribution in [3.63, 3.8) is 0 Å². The number of carbonyl (C=O) groups is 1. The van der Waals surface area contributed by atoms with Crippen LogP contribution in [0, 0.1) is 6.92 Å². The van der Waals surface area contributed by atoms with Gasteiger partial charge in [-0.3, -0.25) is 4.79 Å². The Labute approximate surface area is 117 Å². The minimum absolute atomic E-state index is 0.0550. The van der Waals surface area contributed by atoms with Gasteiger partial charge in [-0.2, -0.15) is 10.2 Å². The van der Waals surface area contributed by atoms with E-state index in [-0.39, 0.29) is 5.91 Å². The van der Waals surface area contributed by atoms with Gasteiger partial charge in [0, 0.05) is 11.4 Å². The first-order valence-corrected chi connectivity index (χ1v) is 7.25. The lowest BCUT2D eigenvalue weighted by Gasteiger charge is -2.10. The summed E-state index contributed by atoms with van der Waals surface area (Å²) in [4.78, 5) is 12.5. The van der Waals surface area contributed by atoms with Crippen molar-refractivity contribution in [2.45, 2.75) is 44.9 Å². The van der Waals surface area contributed by atoms with E-state index in [4.69, 9.17) is 0 Å². The van der Waals surface area contributed by atoms with Gasteiger partial charge < -0.3 is 5.32 Å². The molecule has 0 aromatic carbocycles. The van der Waals surface area contributed by atoms with Crippen LogP contribution < -0.4 is 5.32 Å². The first kappa shape index (κ1) is 15.1. The highest BCUT2D eigenvalue weighted by atomic mass is 79.9. The standard InChI is InChI=1S/C13H20BrN3O/c1-4-10(14)6-7-15-13(18)11-8-9(3)16-17-12(11)5-2/h8,10H,4-7H2,1-3H3,(H,15,18). The largest absolute Gasteiger partial charge is 0.352 e. The van der Waals surface area contributed by atoms with Crippen molar-refractivity contribution < 1.29 is 4.79 Å². The Morgan fingerprint density at radius 3 is 2.78 bits per heavy atom. The Bertz CT molecular complexity index is 409. The van der Waals surface area contributed by atoms with Crippen molar-refractivity contribution in [3.8, 4) is 0 Å². The van der Waals surface area contributed by atoms with Crippen molar-refractivity contribution in [2.24, 2.45) is 0 Å². The molecule has 0 bridgehead atoms. The number of nitrogens with one attached hydrogen (secondary N) is 1. The van der Waals surface area contributed by atoms with Crippen LogP contribution in [-0.4, -0.2) is 27.5 Å². The summed E-state index contributed by atoms with van der Waals surface area (Å²) in [6, 6.07) is 1.80. The van der Waals surface area contributed by atoms with Crippen LogP contribution in [0.3, 0.4) is 0 Å². The van der Waals surface area contributed by atoms with Crippen molar-refractivity contribution >= 4 is 21.8 Å². The molecule has 1 unspecified atom stereocenters. The van der Waals surface area contributed by atoms with E-state index in [2.05, 4.69) is 38.4 Å². The first-order chi connectivity index (χ1) is 8.58. The van der Waals surface area contributed by atoms with Crippen LogP contribution in [0.1, 0.15) is 48.4 Å². The number of hydrogen-bond donors (Lipinski definition) is 1. The second kappa shape index (κ2) is 7.46. The van der Waals surface area contributed by atoms with Crippen molar-refractivity contribution in [1.82, 2.24) is 15.5 Å². The molecule has 5 heteroatoms. The van der Waals surface area contributed by atoms with Crippen LogP contribution in [0.2, 0.25) is 0 Å². The van der Waals surface area contributed by atoms with Gasteiger partial charge >= 0.3 is 0 Å². The molecule has 0 aliphatic rings. The minimum atomic E-state index is -0.0550. The molecule has 1 aromatic heterocycles. The Balaban J connectivity index is 2.63. The maximum Gasteiger partial charge on any atom is 0.253 e. The van der Waals surface area contributed by atoms with E-state index in [1.807, 2.05) is 13.8 Å². The average Bonchev–Trinajstić information content (AvgIpc) is 2.38.